The average Bonchev–Trinajstić information content (AvgIpc) is 3.83. The number of rotatable bonds is 17. The number of thiazole rings is 1. The van der Waals surface area contributed by atoms with Gasteiger partial charge in [-0.15, -0.1) is 11.3 Å². The molecule has 390 valence electrons. The van der Waals surface area contributed by atoms with Gasteiger partial charge in [-0.3, -0.25) is 33.6 Å². The Labute approximate surface area is 430 Å². The van der Waals surface area contributed by atoms with Gasteiger partial charge >= 0.3 is 0 Å². The Balaban J connectivity index is 0.882. The third kappa shape index (κ3) is 11.8. The van der Waals surface area contributed by atoms with Gasteiger partial charge in [0.05, 0.1) is 46.3 Å². The minimum absolute atomic E-state index is 0.00159. The number of hydrogen-bond acceptors (Lipinski definition) is 13. The standard InChI is InChI=1S/C53H60FN9O10S/c1-28-44(74-27-57-28)31-10-8-30(9-11-31)38(59-48(69)40-23-34(64)26-63(40)50(71)45(52(2,3)4)60-51(72)53(54)17-18-53)25-43(66)55-19-20-56-46(67)33-12-7-29-14-16-37(36(29)21-33)58-47(68)39-24-42(73-61-39)32-13-15-35(41(65)22-32)49(70)62(5)6/h7-13,15,21-22,24,27,34,37-38,40,45,64-65H,14,16-20,23,25-26H2,1-6H3,(H,55,66)(H,56,67)(H,58,68)(H,59,69)(H,60,72)/t34-,37-,38+,40+,45-/m1/s1. The average molecular weight is 1030 g/mol. The van der Waals surface area contributed by atoms with Crippen molar-refractivity contribution < 1.29 is 52.7 Å². The first kappa shape index (κ1) is 52.8. The summed E-state index contributed by atoms with van der Waals surface area (Å²) in [6.45, 7) is 6.93. The number of carbonyl (C=O) groups is 7. The number of amides is 7. The molecule has 1 saturated carbocycles. The molecule has 2 aliphatic carbocycles. The molecule has 2 fully saturated rings. The topological polar surface area (TPSA) is 266 Å². The lowest BCUT2D eigenvalue weighted by atomic mass is 9.85. The smallest absolute Gasteiger partial charge is 0.273 e. The summed E-state index contributed by atoms with van der Waals surface area (Å²) in [6, 6.07) is 14.7. The second-order valence-electron chi connectivity index (χ2n) is 20.4. The number of hydrogen-bond donors (Lipinski definition) is 7. The molecule has 3 heterocycles. The number of benzene rings is 3. The molecule has 3 aliphatic rings. The van der Waals surface area contributed by atoms with Crippen molar-refractivity contribution in [3.63, 3.8) is 0 Å². The highest BCUT2D eigenvalue weighted by molar-refractivity contribution is 7.13. The van der Waals surface area contributed by atoms with Crippen LogP contribution in [-0.4, -0.2) is 129 Å². The molecule has 0 bridgehead atoms. The highest BCUT2D eigenvalue weighted by Crippen LogP contribution is 2.41. The molecule has 1 aliphatic heterocycles. The van der Waals surface area contributed by atoms with E-state index in [0.717, 1.165) is 27.3 Å². The zero-order valence-corrected chi connectivity index (χ0v) is 42.7. The number of fused-ring (bicyclic) bond motifs is 1. The largest absolute Gasteiger partial charge is 0.507 e. The molecule has 8 rings (SSSR count). The third-order valence-corrected chi connectivity index (χ3v) is 14.5. The van der Waals surface area contributed by atoms with Crippen LogP contribution in [0.25, 0.3) is 21.8 Å². The number of aliphatic hydroxyl groups excluding tert-OH is 1. The maximum absolute atomic E-state index is 14.8. The van der Waals surface area contributed by atoms with Crippen molar-refractivity contribution in [3.05, 3.63) is 111 Å². The van der Waals surface area contributed by atoms with E-state index in [0.29, 0.717) is 29.5 Å². The fourth-order valence-corrected chi connectivity index (χ4v) is 9.98. The van der Waals surface area contributed by atoms with E-state index in [4.69, 9.17) is 4.52 Å². The van der Waals surface area contributed by atoms with Crippen LogP contribution in [0, 0.1) is 12.3 Å². The molecule has 2 aromatic heterocycles. The van der Waals surface area contributed by atoms with Crippen molar-refractivity contribution >= 4 is 52.7 Å². The molecule has 19 nitrogen and oxygen atoms in total. The zero-order valence-electron chi connectivity index (χ0n) is 41.9. The van der Waals surface area contributed by atoms with E-state index < -0.39 is 76.8 Å². The van der Waals surface area contributed by atoms with Gasteiger partial charge in [-0.05, 0) is 84.5 Å². The first-order chi connectivity index (χ1) is 35.1. The highest BCUT2D eigenvalue weighted by Gasteiger charge is 2.53. The SMILES string of the molecule is Cc1ncsc1-c1ccc([C@H](CC(=O)NCCNC(=O)c2ccc3c(c2)[C@H](NC(=O)c2cc(-c4ccc(C(=O)N(C)C)c(O)c4)on2)CC3)NC(=O)[C@@H]2C[C@@H](O)CN2C(=O)[C@@H](NC(=O)C2(F)CC2)C(C)(C)C)cc1. The van der Waals surface area contributed by atoms with E-state index >= 15 is 0 Å². The Hall–Kier alpha value is -7.52. The summed E-state index contributed by atoms with van der Waals surface area (Å²) in [7, 11) is 3.14. The molecular formula is C53H60FN9O10S. The number of aromatic nitrogens is 2. The van der Waals surface area contributed by atoms with E-state index in [1.807, 2.05) is 25.1 Å². The summed E-state index contributed by atoms with van der Waals surface area (Å²) in [5, 5.41) is 39.3. The van der Waals surface area contributed by atoms with Gasteiger partial charge < -0.3 is 51.1 Å². The maximum Gasteiger partial charge on any atom is 0.273 e. The van der Waals surface area contributed by atoms with Gasteiger partial charge in [0.2, 0.25) is 17.7 Å². The fourth-order valence-electron chi connectivity index (χ4n) is 9.17. The predicted octanol–water partition coefficient (Wildman–Crippen LogP) is 4.69. The van der Waals surface area contributed by atoms with Crippen LogP contribution in [0.4, 0.5) is 4.39 Å². The van der Waals surface area contributed by atoms with Gasteiger partial charge in [-0.1, -0.05) is 62.3 Å². The minimum Gasteiger partial charge on any atom is -0.507 e. The van der Waals surface area contributed by atoms with Crippen molar-refractivity contribution in [2.24, 2.45) is 5.41 Å². The van der Waals surface area contributed by atoms with Crippen LogP contribution in [0.3, 0.4) is 0 Å². The second-order valence-corrected chi connectivity index (χ2v) is 21.2. The molecule has 21 heteroatoms. The van der Waals surface area contributed by atoms with Crippen LogP contribution in [0.15, 0.2) is 76.8 Å². The number of alkyl halides is 1. The van der Waals surface area contributed by atoms with Crippen LogP contribution in [-0.2, 0) is 25.6 Å². The number of likely N-dealkylation sites (tertiary alicyclic amines) is 1. The maximum atomic E-state index is 14.8. The second kappa shape index (κ2) is 21.5. The van der Waals surface area contributed by atoms with Crippen molar-refractivity contribution in [3.8, 4) is 27.5 Å². The molecule has 74 heavy (non-hydrogen) atoms. The van der Waals surface area contributed by atoms with Crippen LogP contribution in [0.2, 0.25) is 0 Å². The zero-order chi connectivity index (χ0) is 53.2. The summed E-state index contributed by atoms with van der Waals surface area (Å²) < 4.78 is 20.2. The Morgan fingerprint density at radius 3 is 2.31 bits per heavy atom. The Morgan fingerprint density at radius 2 is 1.65 bits per heavy atom. The molecule has 0 unspecified atom stereocenters. The molecule has 1 saturated heterocycles. The molecular weight excluding hydrogens is 974 g/mol. The lowest BCUT2D eigenvalue weighted by Gasteiger charge is -2.36. The van der Waals surface area contributed by atoms with Crippen molar-refractivity contribution in [1.29, 1.82) is 0 Å². The number of carbonyl (C=O) groups excluding carboxylic acids is 7. The number of phenols is 1. The predicted molar refractivity (Wildman–Crippen MR) is 270 cm³/mol. The molecule has 5 aromatic rings. The van der Waals surface area contributed by atoms with Gasteiger partial charge in [0.25, 0.3) is 23.6 Å². The van der Waals surface area contributed by atoms with E-state index in [1.165, 1.54) is 39.3 Å². The summed E-state index contributed by atoms with van der Waals surface area (Å²) in [6.07, 6.45) is -0.0499. The van der Waals surface area contributed by atoms with Gasteiger partial charge in [-0.2, -0.15) is 0 Å². The first-order valence-electron chi connectivity index (χ1n) is 24.4. The van der Waals surface area contributed by atoms with E-state index in [-0.39, 0.29) is 74.0 Å². The summed E-state index contributed by atoms with van der Waals surface area (Å²) in [5.74, 6) is -3.95. The quantitative estimate of drug-likeness (QED) is 0.0626. The fraction of sp³-hybridized carbons (Fsp3) is 0.415. The molecule has 7 N–H and O–H groups in total. The van der Waals surface area contributed by atoms with Gasteiger partial charge in [0, 0.05) is 57.3 Å². The lowest BCUT2D eigenvalue weighted by molar-refractivity contribution is -0.145. The number of aliphatic hydroxyl groups is 1. The van der Waals surface area contributed by atoms with Gasteiger partial charge in [-0.25, -0.2) is 9.37 Å². The van der Waals surface area contributed by atoms with Crippen molar-refractivity contribution in [1.82, 2.24) is 46.5 Å². The molecule has 5 atom stereocenters. The van der Waals surface area contributed by atoms with Crippen LogP contribution >= 0.6 is 11.3 Å². The van der Waals surface area contributed by atoms with E-state index in [2.05, 4.69) is 36.7 Å². The minimum atomic E-state index is -2.04. The summed E-state index contributed by atoms with van der Waals surface area (Å²) in [4.78, 5) is 102. The summed E-state index contributed by atoms with van der Waals surface area (Å²) >= 11 is 1.47. The molecule has 0 radical (unpaired) electrons. The normalized spacial score (nSPS) is 18.4. The third-order valence-electron chi connectivity index (χ3n) is 13.6. The molecule has 7 amide bonds. The first-order valence-corrected chi connectivity index (χ1v) is 25.3. The van der Waals surface area contributed by atoms with Gasteiger partial charge in [0.15, 0.2) is 17.1 Å². The number of aromatic hydroxyl groups is 1. The lowest BCUT2D eigenvalue weighted by Crippen LogP contribution is -2.59. The van der Waals surface area contributed by atoms with E-state index in [9.17, 15) is 48.2 Å². The number of phenolic OH excluding ortho intramolecular Hbond substituents is 1. The molecule has 3 aromatic carbocycles. The monoisotopic (exact) mass is 1030 g/mol. The Kier molecular flexibility index (Phi) is 15.4. The highest BCUT2D eigenvalue weighted by atomic mass is 32.1. The summed E-state index contributed by atoms with van der Waals surface area (Å²) in [5.41, 5.74) is 3.74. The van der Waals surface area contributed by atoms with Crippen molar-refractivity contribution in [2.75, 3.05) is 33.7 Å². The van der Waals surface area contributed by atoms with Gasteiger partial charge in [0.1, 0.15) is 17.8 Å². The van der Waals surface area contributed by atoms with Crippen LogP contribution in [0.5, 0.6) is 5.75 Å². The molecule has 0 spiro atoms. The number of nitrogens with one attached hydrogen (secondary N) is 5. The number of β-amino-alcohol motifs (C(OH)–C–C–N with tert-alkyl or cyclic N) is 1. The van der Waals surface area contributed by atoms with Crippen LogP contribution in [0.1, 0.15) is 119 Å². The van der Waals surface area contributed by atoms with Crippen molar-refractivity contribution in [2.45, 2.75) is 102 Å². The number of aryl methyl sites for hydroxylation is 2. The Morgan fingerprint density at radius 1 is 0.932 bits per heavy atom. The number of nitrogens with zero attached hydrogens (tertiary/aromatic N) is 4. The van der Waals surface area contributed by atoms with E-state index in [1.54, 1.807) is 70.7 Å². The number of halogens is 1. The Bertz CT molecular complexity index is 2980. The van der Waals surface area contributed by atoms with Crippen LogP contribution < -0.4 is 26.6 Å².